The Morgan fingerprint density at radius 1 is 1.22 bits per heavy atom. The largest absolute Gasteiger partial charge is 0.573 e. The van der Waals surface area contributed by atoms with E-state index in [0.717, 1.165) is 36.1 Å². The Bertz CT molecular complexity index is 1120. The van der Waals surface area contributed by atoms with Crippen molar-refractivity contribution in [1.29, 1.82) is 0 Å². The van der Waals surface area contributed by atoms with Crippen molar-refractivity contribution in [3.63, 3.8) is 0 Å². The average molecular weight is 511 g/mol. The fourth-order valence-electron chi connectivity index (χ4n) is 4.30. The number of phenols is 1. The number of benzene rings is 1. The molecule has 2 aromatic rings. The number of carbonyl (C=O) groups excluding carboxylic acids is 1. The zero-order chi connectivity index (χ0) is 26.1. The van der Waals surface area contributed by atoms with Crippen molar-refractivity contribution < 1.29 is 37.3 Å². The van der Waals surface area contributed by atoms with Crippen LogP contribution in [0.4, 0.5) is 23.8 Å². The zero-order valence-electron chi connectivity index (χ0n) is 20.3. The molecule has 0 spiro atoms. The van der Waals surface area contributed by atoms with Gasteiger partial charge in [0.05, 0.1) is 13.2 Å². The fraction of sp³-hybridized carbons (Fsp3) is 0.542. The number of nitrogens with zero attached hydrogens (tertiary/aromatic N) is 3. The summed E-state index contributed by atoms with van der Waals surface area (Å²) in [5.74, 6) is -0.416. The smallest absolute Gasteiger partial charge is 0.507 e. The lowest BCUT2D eigenvalue weighted by atomic mass is 9.97. The van der Waals surface area contributed by atoms with Gasteiger partial charge in [-0.15, -0.1) is 23.4 Å². The van der Waals surface area contributed by atoms with Gasteiger partial charge < -0.3 is 29.5 Å². The molecule has 1 amide bonds. The second-order valence-electron chi connectivity index (χ2n) is 9.79. The first-order valence-corrected chi connectivity index (χ1v) is 11.7. The van der Waals surface area contributed by atoms with Crippen LogP contribution in [0.2, 0.25) is 0 Å². The number of nitrogens with one attached hydrogen (secondary N) is 1. The first kappa shape index (κ1) is 25.8. The van der Waals surface area contributed by atoms with Gasteiger partial charge in [-0.05, 0) is 57.7 Å². The van der Waals surface area contributed by atoms with E-state index in [0.29, 0.717) is 37.6 Å². The maximum absolute atomic E-state index is 12.5. The summed E-state index contributed by atoms with van der Waals surface area (Å²) in [6, 6.07) is 3.26. The minimum absolute atomic E-state index is 0.0790. The molecule has 196 valence electrons. The fourth-order valence-corrected chi connectivity index (χ4v) is 4.30. The van der Waals surface area contributed by atoms with Crippen LogP contribution < -0.4 is 10.1 Å². The maximum atomic E-state index is 12.5. The Morgan fingerprint density at radius 2 is 2.00 bits per heavy atom. The highest BCUT2D eigenvalue weighted by Gasteiger charge is 2.32. The number of carbonyl (C=O) groups is 1. The van der Waals surface area contributed by atoms with Crippen molar-refractivity contribution in [2.45, 2.75) is 64.6 Å². The van der Waals surface area contributed by atoms with E-state index in [-0.39, 0.29) is 24.3 Å². The molecule has 2 aliphatic heterocycles. The molecule has 3 heterocycles. The number of hydrogen-bond acceptors (Lipinski definition) is 8. The van der Waals surface area contributed by atoms with Gasteiger partial charge in [0.25, 0.3) is 0 Å². The van der Waals surface area contributed by atoms with Gasteiger partial charge in [0, 0.05) is 36.3 Å². The minimum Gasteiger partial charge on any atom is -0.507 e. The standard InChI is InChI=1S/C24H29F3N4O5/c1-23(2,3)36-22(33)31-9-4-5-14(12-31)28-21-18-13-34-10-8-16(18)20(29-30-21)17-7-6-15(11-19(17)32)35-24(25,26)27/h6-7,11,14,32H,4-5,8-10,12-13H2,1-3H3,(H,28,30)/t14-/m1/s1. The summed E-state index contributed by atoms with van der Waals surface area (Å²) in [6.45, 7) is 7.20. The van der Waals surface area contributed by atoms with Crippen molar-refractivity contribution >= 4 is 11.9 Å². The molecule has 0 unspecified atom stereocenters. The first-order valence-electron chi connectivity index (χ1n) is 11.7. The Kier molecular flexibility index (Phi) is 7.17. The summed E-state index contributed by atoms with van der Waals surface area (Å²) in [6.07, 6.45) is -3.13. The van der Waals surface area contributed by atoms with Crippen LogP contribution in [-0.4, -0.2) is 64.0 Å². The van der Waals surface area contributed by atoms with Crippen molar-refractivity contribution in [1.82, 2.24) is 15.1 Å². The first-order chi connectivity index (χ1) is 16.9. The van der Waals surface area contributed by atoms with Gasteiger partial charge in [0.2, 0.25) is 0 Å². The Hall–Kier alpha value is -3.28. The number of piperidine rings is 1. The van der Waals surface area contributed by atoms with Crippen LogP contribution in [0.3, 0.4) is 0 Å². The molecule has 36 heavy (non-hydrogen) atoms. The summed E-state index contributed by atoms with van der Waals surface area (Å²) >= 11 is 0. The number of aromatic hydroxyl groups is 1. The molecule has 1 aromatic heterocycles. The van der Waals surface area contributed by atoms with Crippen LogP contribution in [-0.2, 0) is 22.5 Å². The van der Waals surface area contributed by atoms with Crippen molar-refractivity contribution in [2.24, 2.45) is 0 Å². The van der Waals surface area contributed by atoms with Crippen LogP contribution in [0.25, 0.3) is 11.3 Å². The van der Waals surface area contributed by atoms with Gasteiger partial charge in [-0.25, -0.2) is 4.79 Å². The summed E-state index contributed by atoms with van der Waals surface area (Å²) in [5.41, 5.74) is 1.58. The van der Waals surface area contributed by atoms with Crippen molar-refractivity contribution in [3.8, 4) is 22.8 Å². The number of rotatable bonds is 4. The Morgan fingerprint density at radius 3 is 2.69 bits per heavy atom. The highest BCUT2D eigenvalue weighted by Crippen LogP contribution is 2.38. The summed E-state index contributed by atoms with van der Waals surface area (Å²) in [5, 5.41) is 22.4. The minimum atomic E-state index is -4.87. The highest BCUT2D eigenvalue weighted by atomic mass is 19.4. The number of ether oxygens (including phenoxy) is 3. The SMILES string of the molecule is CC(C)(C)OC(=O)N1CCC[C@@H](Nc2nnc(-c3ccc(OC(F)(F)F)cc3O)c3c2COCC3)C1. The predicted molar refractivity (Wildman–Crippen MR) is 124 cm³/mol. The number of hydrogen-bond donors (Lipinski definition) is 2. The van der Waals surface area contributed by atoms with Crippen molar-refractivity contribution in [2.75, 3.05) is 25.0 Å². The second-order valence-corrected chi connectivity index (χ2v) is 9.79. The molecular formula is C24H29F3N4O5. The highest BCUT2D eigenvalue weighted by molar-refractivity contribution is 5.73. The molecule has 0 saturated carbocycles. The third-order valence-electron chi connectivity index (χ3n) is 5.80. The number of fused-ring (bicyclic) bond motifs is 1. The number of amides is 1. The number of anilines is 1. The normalized spacial score (nSPS) is 18.4. The van der Waals surface area contributed by atoms with E-state index in [1.165, 1.54) is 6.07 Å². The number of phenolic OH excluding ortho intramolecular Hbond substituents is 1. The molecule has 1 saturated heterocycles. The topological polar surface area (TPSA) is 106 Å². The lowest BCUT2D eigenvalue weighted by Crippen LogP contribution is -2.47. The van der Waals surface area contributed by atoms with Crippen LogP contribution >= 0.6 is 0 Å². The van der Waals surface area contributed by atoms with Gasteiger partial charge in [0.1, 0.15) is 22.8 Å². The Balaban J connectivity index is 1.56. The van der Waals surface area contributed by atoms with Gasteiger partial charge in [-0.3, -0.25) is 0 Å². The average Bonchev–Trinajstić information content (AvgIpc) is 2.78. The molecule has 0 aliphatic carbocycles. The molecule has 12 heteroatoms. The van der Waals surface area contributed by atoms with Gasteiger partial charge >= 0.3 is 12.5 Å². The molecular weight excluding hydrogens is 481 g/mol. The van der Waals surface area contributed by atoms with Crippen LogP contribution in [0.5, 0.6) is 11.5 Å². The van der Waals surface area contributed by atoms with Gasteiger partial charge in [-0.2, -0.15) is 0 Å². The zero-order valence-corrected chi connectivity index (χ0v) is 20.3. The predicted octanol–water partition coefficient (Wildman–Crippen LogP) is 4.63. The molecule has 1 aromatic carbocycles. The number of alkyl halides is 3. The molecule has 2 aliphatic rings. The van der Waals surface area contributed by atoms with E-state index in [2.05, 4.69) is 20.3 Å². The molecule has 2 N–H and O–H groups in total. The summed E-state index contributed by atoms with van der Waals surface area (Å²) in [4.78, 5) is 14.2. The van der Waals surface area contributed by atoms with E-state index in [1.807, 2.05) is 20.8 Å². The number of halogens is 3. The molecule has 1 fully saturated rings. The lowest BCUT2D eigenvalue weighted by molar-refractivity contribution is -0.274. The van der Waals surface area contributed by atoms with Crippen LogP contribution in [0.1, 0.15) is 44.7 Å². The van der Waals surface area contributed by atoms with E-state index in [9.17, 15) is 23.1 Å². The quantitative estimate of drug-likeness (QED) is 0.613. The molecule has 1 atom stereocenters. The molecule has 0 radical (unpaired) electrons. The van der Waals surface area contributed by atoms with E-state index < -0.39 is 23.5 Å². The molecule has 0 bridgehead atoms. The monoisotopic (exact) mass is 510 g/mol. The van der Waals surface area contributed by atoms with Gasteiger partial charge in [0.15, 0.2) is 5.82 Å². The molecule has 9 nitrogen and oxygen atoms in total. The van der Waals surface area contributed by atoms with Gasteiger partial charge in [-0.1, -0.05) is 0 Å². The maximum Gasteiger partial charge on any atom is 0.573 e. The summed E-state index contributed by atoms with van der Waals surface area (Å²) < 4.78 is 52.6. The van der Waals surface area contributed by atoms with Crippen LogP contribution in [0.15, 0.2) is 18.2 Å². The third-order valence-corrected chi connectivity index (χ3v) is 5.80. The van der Waals surface area contributed by atoms with E-state index in [1.54, 1.807) is 4.90 Å². The van der Waals surface area contributed by atoms with E-state index >= 15 is 0 Å². The lowest BCUT2D eigenvalue weighted by Gasteiger charge is -2.35. The second kappa shape index (κ2) is 10.00. The van der Waals surface area contributed by atoms with Crippen molar-refractivity contribution in [3.05, 3.63) is 29.3 Å². The number of aromatic nitrogens is 2. The molecule has 4 rings (SSSR count). The van der Waals surface area contributed by atoms with Crippen LogP contribution in [0, 0.1) is 0 Å². The number of likely N-dealkylation sites (tertiary alicyclic amines) is 1. The van der Waals surface area contributed by atoms with E-state index in [4.69, 9.17) is 9.47 Å². The Labute approximate surface area is 206 Å². The summed E-state index contributed by atoms with van der Waals surface area (Å²) in [7, 11) is 0. The third kappa shape index (κ3) is 6.28.